The average Bonchev–Trinajstić information content (AvgIpc) is 2.62. The van der Waals surface area contributed by atoms with E-state index in [1.807, 2.05) is 0 Å². The predicted molar refractivity (Wildman–Crippen MR) is 104 cm³/mol. The number of allylic oxidation sites excluding steroid dienone is 6. The Bertz CT molecular complexity index is 338. The number of rotatable bonds is 14. The van der Waals surface area contributed by atoms with E-state index in [0.29, 0.717) is 12.7 Å². The van der Waals surface area contributed by atoms with Crippen LogP contribution in [0.5, 0.6) is 0 Å². The first-order chi connectivity index (χ1) is 11.9. The SMILES string of the molecule is CCCCC/C=C\C/C=C\C/C=C\CCCCCC1COCOC1. The van der Waals surface area contributed by atoms with Gasteiger partial charge in [-0.25, -0.2) is 0 Å². The van der Waals surface area contributed by atoms with Gasteiger partial charge in [0.15, 0.2) is 0 Å². The molecule has 0 atom stereocenters. The largest absolute Gasteiger partial charge is 0.355 e. The lowest BCUT2D eigenvalue weighted by atomic mass is 10.0. The minimum atomic E-state index is 0.491. The second kappa shape index (κ2) is 17.0. The molecule has 0 aromatic rings. The van der Waals surface area contributed by atoms with Gasteiger partial charge in [0.2, 0.25) is 0 Å². The topological polar surface area (TPSA) is 18.5 Å². The van der Waals surface area contributed by atoms with Gasteiger partial charge in [0, 0.05) is 5.92 Å². The van der Waals surface area contributed by atoms with Gasteiger partial charge in [-0.05, 0) is 44.9 Å². The van der Waals surface area contributed by atoms with Crippen LogP contribution in [0.3, 0.4) is 0 Å². The Balaban J connectivity index is 1.83. The van der Waals surface area contributed by atoms with E-state index in [0.717, 1.165) is 26.1 Å². The molecular formula is C22H38O2. The third-order valence-electron chi connectivity index (χ3n) is 4.38. The number of ether oxygens (including phenoxy) is 2. The maximum Gasteiger partial charge on any atom is 0.146 e. The molecule has 0 unspecified atom stereocenters. The van der Waals surface area contributed by atoms with Crippen LogP contribution in [0.25, 0.3) is 0 Å². The van der Waals surface area contributed by atoms with Gasteiger partial charge >= 0.3 is 0 Å². The van der Waals surface area contributed by atoms with Crippen molar-refractivity contribution in [3.8, 4) is 0 Å². The molecule has 1 fully saturated rings. The third-order valence-corrected chi connectivity index (χ3v) is 4.38. The minimum absolute atomic E-state index is 0.491. The van der Waals surface area contributed by atoms with Crippen molar-refractivity contribution < 1.29 is 9.47 Å². The molecular weight excluding hydrogens is 296 g/mol. The van der Waals surface area contributed by atoms with Gasteiger partial charge in [0.25, 0.3) is 0 Å². The van der Waals surface area contributed by atoms with Gasteiger partial charge < -0.3 is 9.47 Å². The van der Waals surface area contributed by atoms with Crippen molar-refractivity contribution in [2.24, 2.45) is 5.92 Å². The Morgan fingerprint density at radius 3 is 1.92 bits per heavy atom. The van der Waals surface area contributed by atoms with E-state index in [1.54, 1.807) is 0 Å². The Morgan fingerprint density at radius 1 is 0.708 bits per heavy atom. The molecule has 0 N–H and O–H groups in total. The van der Waals surface area contributed by atoms with Crippen molar-refractivity contribution in [3.05, 3.63) is 36.5 Å². The van der Waals surface area contributed by atoms with Crippen LogP contribution in [-0.4, -0.2) is 20.0 Å². The quantitative estimate of drug-likeness (QED) is 0.263. The number of hydrogen-bond acceptors (Lipinski definition) is 2. The Labute approximate surface area is 150 Å². The monoisotopic (exact) mass is 334 g/mol. The maximum absolute atomic E-state index is 5.32. The van der Waals surface area contributed by atoms with Gasteiger partial charge in [-0.2, -0.15) is 0 Å². The van der Waals surface area contributed by atoms with Crippen LogP contribution in [0, 0.1) is 5.92 Å². The summed E-state index contributed by atoms with van der Waals surface area (Å²) in [7, 11) is 0. The van der Waals surface area contributed by atoms with Gasteiger partial charge in [-0.3, -0.25) is 0 Å². The summed E-state index contributed by atoms with van der Waals surface area (Å²) in [4.78, 5) is 0. The minimum Gasteiger partial charge on any atom is -0.355 e. The highest BCUT2D eigenvalue weighted by Crippen LogP contribution is 2.15. The van der Waals surface area contributed by atoms with Crippen molar-refractivity contribution in [3.63, 3.8) is 0 Å². The molecule has 0 spiro atoms. The lowest BCUT2D eigenvalue weighted by Gasteiger charge is -2.21. The highest BCUT2D eigenvalue weighted by Gasteiger charge is 2.13. The highest BCUT2D eigenvalue weighted by atomic mass is 16.7. The lowest BCUT2D eigenvalue weighted by Crippen LogP contribution is -2.23. The molecule has 0 saturated carbocycles. The van der Waals surface area contributed by atoms with Crippen LogP contribution in [-0.2, 0) is 9.47 Å². The number of unbranched alkanes of at least 4 members (excludes halogenated alkanes) is 6. The van der Waals surface area contributed by atoms with E-state index < -0.39 is 0 Å². The lowest BCUT2D eigenvalue weighted by molar-refractivity contribution is -0.127. The molecule has 0 aromatic carbocycles. The molecule has 1 aliphatic heterocycles. The normalized spacial score (nSPS) is 16.9. The molecule has 1 aliphatic rings. The standard InChI is InChI=1S/C22H38O2/c1-2-3-4-5-6-7-8-9-10-11-12-13-14-15-16-17-18-22-19-23-21-24-20-22/h6-7,9-10,12-13,22H,2-5,8,11,14-21H2,1H3/b7-6-,10-9-,13-12-. The van der Waals surface area contributed by atoms with Crippen LogP contribution < -0.4 is 0 Å². The van der Waals surface area contributed by atoms with Gasteiger partial charge in [0.1, 0.15) is 6.79 Å². The molecule has 24 heavy (non-hydrogen) atoms. The fraction of sp³-hybridized carbons (Fsp3) is 0.727. The van der Waals surface area contributed by atoms with E-state index in [2.05, 4.69) is 43.4 Å². The van der Waals surface area contributed by atoms with Crippen LogP contribution in [0.2, 0.25) is 0 Å². The van der Waals surface area contributed by atoms with Crippen molar-refractivity contribution in [2.75, 3.05) is 20.0 Å². The fourth-order valence-corrected chi connectivity index (χ4v) is 2.87. The van der Waals surface area contributed by atoms with Crippen LogP contribution >= 0.6 is 0 Å². The summed E-state index contributed by atoms with van der Waals surface area (Å²) in [5.74, 6) is 0.625. The molecule has 0 aromatic heterocycles. The summed E-state index contributed by atoms with van der Waals surface area (Å²) in [6.07, 6.45) is 27.6. The molecule has 1 saturated heterocycles. The fourth-order valence-electron chi connectivity index (χ4n) is 2.87. The second-order valence-corrected chi connectivity index (χ2v) is 6.74. The van der Waals surface area contributed by atoms with Crippen LogP contribution in [0.15, 0.2) is 36.5 Å². The molecule has 2 nitrogen and oxygen atoms in total. The first-order valence-electron chi connectivity index (χ1n) is 10.0. The molecule has 138 valence electrons. The molecule has 1 heterocycles. The summed E-state index contributed by atoms with van der Waals surface area (Å²) in [5, 5.41) is 0. The van der Waals surface area contributed by atoms with E-state index in [4.69, 9.17) is 9.47 Å². The summed E-state index contributed by atoms with van der Waals surface area (Å²) in [5.41, 5.74) is 0. The first-order valence-corrected chi connectivity index (χ1v) is 10.0. The molecule has 2 heteroatoms. The second-order valence-electron chi connectivity index (χ2n) is 6.74. The van der Waals surface area contributed by atoms with E-state index in [1.165, 1.54) is 57.8 Å². The molecule has 0 bridgehead atoms. The molecule has 1 rings (SSSR count). The van der Waals surface area contributed by atoms with Crippen LogP contribution in [0.1, 0.15) is 77.6 Å². The Morgan fingerprint density at radius 2 is 1.29 bits per heavy atom. The van der Waals surface area contributed by atoms with Gasteiger partial charge in [0.05, 0.1) is 13.2 Å². The predicted octanol–water partition coefficient (Wildman–Crippen LogP) is 6.59. The third kappa shape index (κ3) is 13.6. The summed E-state index contributed by atoms with van der Waals surface area (Å²) in [6, 6.07) is 0. The summed E-state index contributed by atoms with van der Waals surface area (Å²) in [6.45, 7) is 4.52. The maximum atomic E-state index is 5.32. The molecule has 0 aliphatic carbocycles. The zero-order valence-corrected chi connectivity index (χ0v) is 15.8. The average molecular weight is 335 g/mol. The number of hydrogen-bond donors (Lipinski definition) is 0. The van der Waals surface area contributed by atoms with Crippen molar-refractivity contribution in [2.45, 2.75) is 77.6 Å². The molecule has 0 amide bonds. The smallest absolute Gasteiger partial charge is 0.146 e. The van der Waals surface area contributed by atoms with Crippen molar-refractivity contribution in [1.29, 1.82) is 0 Å². The summed E-state index contributed by atoms with van der Waals surface area (Å²) < 4.78 is 10.6. The van der Waals surface area contributed by atoms with Crippen LogP contribution in [0.4, 0.5) is 0 Å². The first kappa shape index (κ1) is 21.2. The van der Waals surface area contributed by atoms with Crippen molar-refractivity contribution in [1.82, 2.24) is 0 Å². The van der Waals surface area contributed by atoms with E-state index >= 15 is 0 Å². The zero-order chi connectivity index (χ0) is 17.1. The Hall–Kier alpha value is -0.860. The van der Waals surface area contributed by atoms with E-state index in [9.17, 15) is 0 Å². The Kier molecular flexibility index (Phi) is 15.0. The van der Waals surface area contributed by atoms with Crippen molar-refractivity contribution >= 4 is 0 Å². The molecule has 0 radical (unpaired) electrons. The van der Waals surface area contributed by atoms with E-state index in [-0.39, 0.29) is 0 Å². The zero-order valence-electron chi connectivity index (χ0n) is 15.8. The highest BCUT2D eigenvalue weighted by molar-refractivity contribution is 4.97. The van der Waals surface area contributed by atoms with Gasteiger partial charge in [-0.15, -0.1) is 0 Å². The van der Waals surface area contributed by atoms with Gasteiger partial charge in [-0.1, -0.05) is 69.1 Å². The summed E-state index contributed by atoms with van der Waals surface area (Å²) >= 11 is 0.